The average molecular weight is 332 g/mol. The van der Waals surface area contributed by atoms with Gasteiger partial charge < -0.3 is 0 Å². The average Bonchev–Trinajstić information content (AvgIpc) is 3.04. The van der Waals surface area contributed by atoms with E-state index < -0.39 is 11.9 Å². The summed E-state index contributed by atoms with van der Waals surface area (Å²) in [6.45, 7) is 2.62. The van der Waals surface area contributed by atoms with Gasteiger partial charge in [-0.15, -0.1) is 11.3 Å². The standard InChI is InChI=1S/C17H17FN2O2S/c1-11-7-8-23-15(11)10-19(2)14-9-16(21)20(17(14)22)13-6-4-3-5-12(13)18/h3-8,14H,9-10H2,1-2H3. The number of benzene rings is 1. The summed E-state index contributed by atoms with van der Waals surface area (Å²) in [5.41, 5.74) is 1.20. The molecule has 1 aromatic carbocycles. The fourth-order valence-corrected chi connectivity index (χ4v) is 3.72. The monoisotopic (exact) mass is 332 g/mol. The number of thiophene rings is 1. The Morgan fingerprint density at radius 2 is 2.04 bits per heavy atom. The summed E-state index contributed by atoms with van der Waals surface area (Å²) in [5, 5.41) is 2.01. The summed E-state index contributed by atoms with van der Waals surface area (Å²) in [4.78, 5) is 28.9. The summed E-state index contributed by atoms with van der Waals surface area (Å²) in [5.74, 6) is -1.29. The van der Waals surface area contributed by atoms with Gasteiger partial charge in [-0.3, -0.25) is 14.5 Å². The quantitative estimate of drug-likeness (QED) is 0.808. The maximum Gasteiger partial charge on any atom is 0.251 e. The molecule has 4 nitrogen and oxygen atoms in total. The van der Waals surface area contributed by atoms with E-state index >= 15 is 0 Å². The van der Waals surface area contributed by atoms with Crippen LogP contribution in [0.25, 0.3) is 0 Å². The Kier molecular flexibility index (Phi) is 4.28. The van der Waals surface area contributed by atoms with E-state index in [4.69, 9.17) is 0 Å². The van der Waals surface area contributed by atoms with E-state index in [0.29, 0.717) is 6.54 Å². The van der Waals surface area contributed by atoms with E-state index in [0.717, 1.165) is 9.78 Å². The van der Waals surface area contributed by atoms with Crippen molar-refractivity contribution in [1.29, 1.82) is 0 Å². The first-order valence-corrected chi connectivity index (χ1v) is 8.21. The number of nitrogens with zero attached hydrogens (tertiary/aromatic N) is 2. The number of rotatable bonds is 4. The second kappa shape index (κ2) is 6.22. The SMILES string of the molecule is Cc1ccsc1CN(C)C1CC(=O)N(c2ccccc2F)C1=O. The molecule has 3 rings (SSSR count). The zero-order valence-corrected chi connectivity index (χ0v) is 13.8. The molecule has 2 heterocycles. The Bertz CT molecular complexity index is 759. The molecule has 2 aromatic rings. The zero-order valence-electron chi connectivity index (χ0n) is 13.0. The van der Waals surface area contributed by atoms with Gasteiger partial charge in [0.1, 0.15) is 5.82 Å². The third-order valence-electron chi connectivity index (χ3n) is 4.11. The highest BCUT2D eigenvalue weighted by molar-refractivity contribution is 7.10. The highest BCUT2D eigenvalue weighted by atomic mass is 32.1. The molecule has 1 aliphatic rings. The molecule has 1 fully saturated rings. The summed E-state index contributed by atoms with van der Waals surface area (Å²) >= 11 is 1.63. The summed E-state index contributed by atoms with van der Waals surface area (Å²) in [7, 11) is 1.82. The number of halogens is 1. The summed E-state index contributed by atoms with van der Waals surface area (Å²) in [6, 6.07) is 7.33. The molecule has 1 atom stereocenters. The van der Waals surface area contributed by atoms with Gasteiger partial charge in [-0.1, -0.05) is 12.1 Å². The molecule has 0 bridgehead atoms. The number of anilines is 1. The molecule has 0 N–H and O–H groups in total. The molecule has 1 aromatic heterocycles. The van der Waals surface area contributed by atoms with Crippen molar-refractivity contribution in [1.82, 2.24) is 4.90 Å². The lowest BCUT2D eigenvalue weighted by Gasteiger charge is -2.22. The first kappa shape index (κ1) is 15.8. The van der Waals surface area contributed by atoms with Crippen LogP contribution in [0.15, 0.2) is 35.7 Å². The fourth-order valence-electron chi connectivity index (χ4n) is 2.75. The number of hydrogen-bond donors (Lipinski definition) is 0. The molecule has 0 aliphatic carbocycles. The largest absolute Gasteiger partial charge is 0.289 e. The van der Waals surface area contributed by atoms with Crippen molar-refractivity contribution in [2.24, 2.45) is 0 Å². The van der Waals surface area contributed by atoms with Crippen molar-refractivity contribution in [2.45, 2.75) is 25.9 Å². The maximum absolute atomic E-state index is 13.9. The van der Waals surface area contributed by atoms with Gasteiger partial charge in [0.25, 0.3) is 5.91 Å². The van der Waals surface area contributed by atoms with Crippen molar-refractivity contribution in [3.8, 4) is 0 Å². The normalized spacial score (nSPS) is 18.3. The van der Waals surface area contributed by atoms with E-state index in [1.165, 1.54) is 23.8 Å². The Morgan fingerprint density at radius 1 is 1.30 bits per heavy atom. The van der Waals surface area contributed by atoms with Gasteiger partial charge in [0.15, 0.2) is 0 Å². The number of carbonyl (C=O) groups is 2. The minimum Gasteiger partial charge on any atom is -0.289 e. The molecule has 0 radical (unpaired) electrons. The minimum atomic E-state index is -0.563. The number of carbonyl (C=O) groups excluding carboxylic acids is 2. The van der Waals surface area contributed by atoms with Crippen LogP contribution in [0, 0.1) is 12.7 Å². The van der Waals surface area contributed by atoms with Gasteiger partial charge in [-0.25, -0.2) is 9.29 Å². The predicted octanol–water partition coefficient (Wildman–Crippen LogP) is 2.96. The van der Waals surface area contributed by atoms with Crippen molar-refractivity contribution in [3.05, 3.63) is 52.0 Å². The number of imide groups is 1. The smallest absolute Gasteiger partial charge is 0.251 e. The van der Waals surface area contributed by atoms with Crippen molar-refractivity contribution in [2.75, 3.05) is 11.9 Å². The molecule has 1 saturated heterocycles. The van der Waals surface area contributed by atoms with Gasteiger partial charge in [0.2, 0.25) is 5.91 Å². The summed E-state index contributed by atoms with van der Waals surface area (Å²) in [6.07, 6.45) is 0.0775. The molecule has 120 valence electrons. The van der Waals surface area contributed by atoms with E-state index in [9.17, 15) is 14.0 Å². The van der Waals surface area contributed by atoms with Gasteiger partial charge in [-0.05, 0) is 43.1 Å². The van der Waals surface area contributed by atoms with Crippen LogP contribution in [-0.2, 0) is 16.1 Å². The zero-order chi connectivity index (χ0) is 16.6. The van der Waals surface area contributed by atoms with Crippen LogP contribution < -0.4 is 4.90 Å². The number of likely N-dealkylation sites (N-methyl/N-ethyl adjacent to an activating group) is 1. The molecule has 1 unspecified atom stereocenters. The molecular formula is C17H17FN2O2S. The molecule has 0 spiro atoms. The molecule has 2 amide bonds. The topological polar surface area (TPSA) is 40.6 Å². The maximum atomic E-state index is 13.9. The number of aryl methyl sites for hydroxylation is 1. The van der Waals surface area contributed by atoms with Gasteiger partial charge >= 0.3 is 0 Å². The van der Waals surface area contributed by atoms with Crippen molar-refractivity contribution < 1.29 is 14.0 Å². The Morgan fingerprint density at radius 3 is 2.70 bits per heavy atom. The van der Waals surface area contributed by atoms with E-state index in [1.807, 2.05) is 30.3 Å². The second-order valence-electron chi connectivity index (χ2n) is 5.68. The number of para-hydroxylation sites is 1. The van der Waals surface area contributed by atoms with Crippen LogP contribution in [0.2, 0.25) is 0 Å². The van der Waals surface area contributed by atoms with E-state index in [-0.39, 0.29) is 23.9 Å². The molecular weight excluding hydrogens is 315 g/mol. The van der Waals surface area contributed by atoms with E-state index in [2.05, 4.69) is 0 Å². The highest BCUT2D eigenvalue weighted by Crippen LogP contribution is 2.28. The predicted molar refractivity (Wildman–Crippen MR) is 87.8 cm³/mol. The van der Waals surface area contributed by atoms with E-state index in [1.54, 1.807) is 17.4 Å². The second-order valence-corrected chi connectivity index (χ2v) is 6.68. The minimum absolute atomic E-state index is 0.0331. The van der Waals surface area contributed by atoms with Crippen LogP contribution in [0.4, 0.5) is 10.1 Å². The lowest BCUT2D eigenvalue weighted by molar-refractivity contribution is -0.122. The lowest BCUT2D eigenvalue weighted by Crippen LogP contribution is -2.40. The van der Waals surface area contributed by atoms with Gasteiger partial charge in [0, 0.05) is 11.4 Å². The highest BCUT2D eigenvalue weighted by Gasteiger charge is 2.42. The van der Waals surface area contributed by atoms with Gasteiger partial charge in [-0.2, -0.15) is 0 Å². The Labute approximate surface area is 138 Å². The molecule has 23 heavy (non-hydrogen) atoms. The van der Waals surface area contributed by atoms with Crippen LogP contribution in [-0.4, -0.2) is 29.8 Å². The lowest BCUT2D eigenvalue weighted by atomic mass is 10.2. The molecule has 1 aliphatic heterocycles. The van der Waals surface area contributed by atoms with Crippen LogP contribution in [0.1, 0.15) is 16.9 Å². The molecule has 6 heteroatoms. The van der Waals surface area contributed by atoms with Crippen LogP contribution in [0.5, 0.6) is 0 Å². The Balaban J connectivity index is 1.81. The van der Waals surface area contributed by atoms with Crippen molar-refractivity contribution in [3.63, 3.8) is 0 Å². The number of hydrogen-bond acceptors (Lipinski definition) is 4. The Hall–Kier alpha value is -2.05. The third-order valence-corrected chi connectivity index (χ3v) is 5.12. The first-order chi connectivity index (χ1) is 11.0. The van der Waals surface area contributed by atoms with Crippen LogP contribution in [0.3, 0.4) is 0 Å². The first-order valence-electron chi connectivity index (χ1n) is 7.33. The molecule has 0 saturated carbocycles. The van der Waals surface area contributed by atoms with Crippen molar-refractivity contribution >= 4 is 28.8 Å². The van der Waals surface area contributed by atoms with Crippen LogP contribution >= 0.6 is 11.3 Å². The number of amides is 2. The summed E-state index contributed by atoms with van der Waals surface area (Å²) < 4.78 is 13.9. The fraction of sp³-hybridized carbons (Fsp3) is 0.294. The van der Waals surface area contributed by atoms with Gasteiger partial charge in [0.05, 0.1) is 18.2 Å². The third kappa shape index (κ3) is 2.92.